The van der Waals surface area contributed by atoms with Gasteiger partial charge in [0.25, 0.3) is 6.71 Å². The summed E-state index contributed by atoms with van der Waals surface area (Å²) in [5.74, 6) is 0. The minimum atomic E-state index is -0.0439. The Hall–Kier alpha value is -7.76. The van der Waals surface area contributed by atoms with Crippen LogP contribution in [0.1, 0.15) is 58.2 Å². The van der Waals surface area contributed by atoms with E-state index in [1.54, 1.807) is 0 Å². The third-order valence-electron chi connectivity index (χ3n) is 14.6. The number of hydrogen-bond donors (Lipinski definition) is 0. The second kappa shape index (κ2) is 14.6. The highest BCUT2D eigenvalue weighted by Crippen LogP contribution is 2.47. The number of rotatable bonds is 4. The van der Waals surface area contributed by atoms with Gasteiger partial charge in [-0.3, -0.25) is 0 Å². The third kappa shape index (κ3) is 6.14. The summed E-state index contributed by atoms with van der Waals surface area (Å²) in [6, 6.07) is 67.2. The largest absolute Gasteiger partial charge is 0.456 e. The molecule has 2 aliphatic heterocycles. The van der Waals surface area contributed by atoms with Crippen molar-refractivity contribution in [3.05, 3.63) is 199 Å². The normalized spacial score (nSPS) is 13.4. The molecule has 9 aromatic carbocycles. The number of furan rings is 2. The zero-order valence-electron chi connectivity index (χ0n) is 39.6. The number of benzene rings is 9. The van der Waals surface area contributed by atoms with Crippen LogP contribution < -0.4 is 26.2 Å². The molecule has 13 rings (SSSR count). The number of fused-ring (bicyclic) bond motifs is 10. The lowest BCUT2D eigenvalue weighted by Gasteiger charge is -2.45. The zero-order valence-corrected chi connectivity index (χ0v) is 39.6. The van der Waals surface area contributed by atoms with Crippen molar-refractivity contribution in [1.29, 1.82) is 0 Å². The van der Waals surface area contributed by atoms with Gasteiger partial charge in [0.15, 0.2) is 0 Å². The van der Waals surface area contributed by atoms with E-state index in [0.717, 1.165) is 66.4 Å². The van der Waals surface area contributed by atoms with Gasteiger partial charge >= 0.3 is 0 Å². The molecule has 0 fully saturated rings. The molecule has 0 saturated carbocycles. The summed E-state index contributed by atoms with van der Waals surface area (Å²) in [5.41, 5.74) is 23.1. The molecule has 0 aliphatic carbocycles. The molecule has 0 radical (unpaired) electrons. The van der Waals surface area contributed by atoms with E-state index < -0.39 is 0 Å². The van der Waals surface area contributed by atoms with Gasteiger partial charge in [-0.05, 0) is 146 Å². The van der Waals surface area contributed by atoms with E-state index in [1.165, 1.54) is 67.0 Å². The van der Waals surface area contributed by atoms with E-state index in [9.17, 15) is 0 Å². The first-order chi connectivity index (χ1) is 32.9. The molecule has 0 unspecified atom stereocenters. The van der Waals surface area contributed by atoms with Gasteiger partial charge < -0.3 is 18.6 Å². The summed E-state index contributed by atoms with van der Waals surface area (Å²) in [7, 11) is 0. The fraction of sp³-hybridized carbons (Fsp3) is 0.143. The van der Waals surface area contributed by atoms with Gasteiger partial charge in [0.05, 0.1) is 0 Å². The van der Waals surface area contributed by atoms with E-state index in [2.05, 4.69) is 228 Å². The molecule has 4 heterocycles. The van der Waals surface area contributed by atoms with Gasteiger partial charge in [0.2, 0.25) is 0 Å². The summed E-state index contributed by atoms with van der Waals surface area (Å²) in [5, 5.41) is 4.57. The fourth-order valence-corrected chi connectivity index (χ4v) is 11.2. The Kier molecular flexibility index (Phi) is 8.71. The molecular weight excluding hydrogens is 828 g/mol. The van der Waals surface area contributed by atoms with Crippen molar-refractivity contribution in [1.82, 2.24) is 0 Å². The van der Waals surface area contributed by atoms with Crippen LogP contribution in [0.25, 0.3) is 66.1 Å². The van der Waals surface area contributed by atoms with E-state index in [1.807, 2.05) is 12.1 Å². The number of nitrogens with zero attached hydrogens (tertiary/aromatic N) is 2. The SMILES string of the molecule is Cc1cc2c3c(c1)N(c1ccc(-c4cccc5oc6ccccc6c45)cc1)c1cc(C(C)(C)C)ccc1B3c1cc(C(C)(C)C)ccc1N2c1ccc(-c2cccc3oc4ccccc4c23)cc1. The van der Waals surface area contributed by atoms with Crippen LogP contribution in [0.15, 0.2) is 191 Å². The summed E-state index contributed by atoms with van der Waals surface area (Å²) >= 11 is 0. The maximum absolute atomic E-state index is 6.33. The molecule has 328 valence electrons. The van der Waals surface area contributed by atoms with Gasteiger partial charge in [-0.25, -0.2) is 0 Å². The first kappa shape index (κ1) is 40.5. The van der Waals surface area contributed by atoms with Gasteiger partial charge in [-0.15, -0.1) is 0 Å². The van der Waals surface area contributed by atoms with E-state index in [-0.39, 0.29) is 17.5 Å². The molecular formula is C63H51BN2O2. The van der Waals surface area contributed by atoms with Crippen LogP contribution in [-0.4, -0.2) is 6.71 Å². The molecule has 4 nitrogen and oxygen atoms in total. The van der Waals surface area contributed by atoms with E-state index >= 15 is 0 Å². The van der Waals surface area contributed by atoms with Crippen LogP contribution in [0.5, 0.6) is 0 Å². The number of aryl methyl sites for hydroxylation is 1. The van der Waals surface area contributed by atoms with Gasteiger partial charge in [-0.1, -0.05) is 151 Å². The van der Waals surface area contributed by atoms with E-state index in [0.29, 0.717) is 0 Å². The van der Waals surface area contributed by atoms with Crippen molar-refractivity contribution in [3.63, 3.8) is 0 Å². The lowest BCUT2D eigenvalue weighted by Crippen LogP contribution is -2.61. The predicted molar refractivity (Wildman–Crippen MR) is 288 cm³/mol. The lowest BCUT2D eigenvalue weighted by molar-refractivity contribution is 0.590. The quantitative estimate of drug-likeness (QED) is 0.165. The van der Waals surface area contributed by atoms with Crippen molar-refractivity contribution >= 4 is 101 Å². The first-order valence-electron chi connectivity index (χ1n) is 23.9. The maximum Gasteiger partial charge on any atom is 0.252 e. The van der Waals surface area contributed by atoms with Crippen LogP contribution in [0.3, 0.4) is 0 Å². The van der Waals surface area contributed by atoms with Crippen LogP contribution in [0.2, 0.25) is 0 Å². The molecule has 0 N–H and O–H groups in total. The van der Waals surface area contributed by atoms with Crippen molar-refractivity contribution < 1.29 is 8.83 Å². The minimum absolute atomic E-state index is 0.0203. The Morgan fingerprint density at radius 2 is 0.868 bits per heavy atom. The molecule has 68 heavy (non-hydrogen) atoms. The Morgan fingerprint density at radius 3 is 1.40 bits per heavy atom. The summed E-state index contributed by atoms with van der Waals surface area (Å²) in [4.78, 5) is 5.06. The minimum Gasteiger partial charge on any atom is -0.456 e. The van der Waals surface area contributed by atoms with Crippen molar-refractivity contribution in [2.45, 2.75) is 59.3 Å². The van der Waals surface area contributed by atoms with Crippen LogP contribution >= 0.6 is 0 Å². The average Bonchev–Trinajstić information content (AvgIpc) is 3.92. The van der Waals surface area contributed by atoms with Gasteiger partial charge in [0, 0.05) is 55.7 Å². The van der Waals surface area contributed by atoms with Gasteiger partial charge in [0.1, 0.15) is 22.3 Å². The van der Waals surface area contributed by atoms with Crippen molar-refractivity contribution in [2.24, 2.45) is 0 Å². The maximum atomic E-state index is 6.33. The summed E-state index contributed by atoms with van der Waals surface area (Å²) < 4.78 is 12.6. The first-order valence-corrected chi connectivity index (χ1v) is 23.9. The molecule has 0 atom stereocenters. The molecule has 0 spiro atoms. The zero-order chi connectivity index (χ0) is 46.2. The predicted octanol–water partition coefficient (Wildman–Crippen LogP) is 15.8. The standard InChI is InChI=1S/C63H51BN2O2/c1-38-34-53-61-54(35-38)66(44-30-24-40(25-31-44)46-17-13-21-58-60(46)48-15-9-11-19-56(48)68-58)52-37-42(63(5,6)7)26-32-49(52)64(61)50-36-41(62(2,3)4)27-33-51(50)65(53)43-28-22-39(23-29-43)45-16-12-20-57-59(45)47-14-8-10-18-55(47)67-57/h8-37H,1-7H3. The number of anilines is 6. The summed E-state index contributed by atoms with van der Waals surface area (Å²) in [6.07, 6.45) is 0. The molecule has 0 bridgehead atoms. The second-order valence-corrected chi connectivity index (χ2v) is 21.0. The molecule has 2 aliphatic rings. The molecule has 11 aromatic rings. The Labute approximate surface area is 398 Å². The number of hydrogen-bond acceptors (Lipinski definition) is 4. The molecule has 0 saturated heterocycles. The third-order valence-corrected chi connectivity index (χ3v) is 14.6. The highest BCUT2D eigenvalue weighted by molar-refractivity contribution is 7.00. The van der Waals surface area contributed by atoms with E-state index in [4.69, 9.17) is 8.83 Å². The molecule has 5 heteroatoms. The monoisotopic (exact) mass is 878 g/mol. The molecule has 0 amide bonds. The average molecular weight is 879 g/mol. The van der Waals surface area contributed by atoms with Crippen molar-refractivity contribution in [2.75, 3.05) is 9.80 Å². The Balaban J connectivity index is 1.01. The Bertz CT molecular complexity index is 3840. The second-order valence-electron chi connectivity index (χ2n) is 21.0. The van der Waals surface area contributed by atoms with Crippen LogP contribution in [0.4, 0.5) is 34.1 Å². The highest BCUT2D eigenvalue weighted by atomic mass is 16.3. The summed E-state index contributed by atoms with van der Waals surface area (Å²) in [6.45, 7) is 16.2. The van der Waals surface area contributed by atoms with Crippen LogP contribution in [0, 0.1) is 6.92 Å². The molecule has 2 aromatic heterocycles. The van der Waals surface area contributed by atoms with Crippen molar-refractivity contribution in [3.8, 4) is 22.3 Å². The lowest BCUT2D eigenvalue weighted by atomic mass is 9.33. The Morgan fingerprint density at radius 1 is 0.397 bits per heavy atom. The topological polar surface area (TPSA) is 32.8 Å². The fourth-order valence-electron chi connectivity index (χ4n) is 11.2. The van der Waals surface area contributed by atoms with Gasteiger partial charge in [-0.2, -0.15) is 0 Å². The van der Waals surface area contributed by atoms with Crippen LogP contribution in [-0.2, 0) is 10.8 Å². The smallest absolute Gasteiger partial charge is 0.252 e. The highest BCUT2D eigenvalue weighted by Gasteiger charge is 2.44. The number of para-hydroxylation sites is 2.